The second kappa shape index (κ2) is 8.45. The Labute approximate surface area is 173 Å². The number of nitriles is 1. The van der Waals surface area contributed by atoms with Crippen LogP contribution in [0.15, 0.2) is 46.5 Å². The number of benzene rings is 1. The van der Waals surface area contributed by atoms with Crippen molar-refractivity contribution in [2.24, 2.45) is 0 Å². The number of pyridine rings is 1. The first kappa shape index (κ1) is 20.6. The zero-order chi connectivity index (χ0) is 19.6. The van der Waals surface area contributed by atoms with Gasteiger partial charge >= 0.3 is 0 Å². The van der Waals surface area contributed by atoms with E-state index in [0.29, 0.717) is 20.5 Å². The topological polar surface area (TPSA) is 97.5 Å². The highest BCUT2D eigenvalue weighted by molar-refractivity contribution is 8.00. The van der Waals surface area contributed by atoms with E-state index in [1.165, 1.54) is 36.2 Å². The molecule has 3 rings (SSSR count). The lowest BCUT2D eigenvalue weighted by Crippen LogP contribution is -2.43. The molecule has 1 fully saturated rings. The van der Waals surface area contributed by atoms with E-state index in [1.807, 2.05) is 6.07 Å². The highest BCUT2D eigenvalue weighted by atomic mass is 35.5. The molecule has 10 heteroatoms. The van der Waals surface area contributed by atoms with Crippen LogP contribution in [0.2, 0.25) is 10.0 Å². The van der Waals surface area contributed by atoms with Crippen LogP contribution in [0.5, 0.6) is 0 Å². The van der Waals surface area contributed by atoms with Crippen LogP contribution in [0.4, 0.5) is 0 Å². The fourth-order valence-corrected chi connectivity index (χ4v) is 5.75. The average molecular weight is 444 g/mol. The molecule has 2 aromatic rings. The lowest BCUT2D eigenvalue weighted by Gasteiger charge is -2.25. The lowest BCUT2D eigenvalue weighted by molar-refractivity contribution is 0.00341. The molecule has 1 aliphatic heterocycles. The standard InChI is InChI=1S/C17H15Cl2N3O3S2/c18-12-2-4-16(21-7-12)26-15-8-22(9-17(15,24)10-23)27(25)14-3-1-11(6-20)5-13(14)19/h1-5,7,15,23-24H,8-10H2/t15-,17?,27?/m0/s1. The first-order valence-corrected chi connectivity index (χ1v) is 10.6. The van der Waals surface area contributed by atoms with Gasteiger partial charge in [0.1, 0.15) is 16.6 Å². The van der Waals surface area contributed by atoms with Gasteiger partial charge in [-0.05, 0) is 30.3 Å². The second-order valence-electron chi connectivity index (χ2n) is 6.01. The molecule has 6 nitrogen and oxygen atoms in total. The van der Waals surface area contributed by atoms with Gasteiger partial charge in [-0.15, -0.1) is 0 Å². The normalized spacial score (nSPS) is 23.9. The summed E-state index contributed by atoms with van der Waals surface area (Å²) in [6, 6.07) is 9.92. The quantitative estimate of drug-likeness (QED) is 0.736. The Hall–Kier alpha value is -1.18. The van der Waals surface area contributed by atoms with Crippen LogP contribution in [0.1, 0.15) is 5.56 Å². The van der Waals surface area contributed by atoms with Crippen molar-refractivity contribution in [3.63, 3.8) is 0 Å². The molecule has 0 aliphatic carbocycles. The van der Waals surface area contributed by atoms with Crippen LogP contribution in [0, 0.1) is 11.3 Å². The molecule has 3 atom stereocenters. The fraction of sp³-hybridized carbons (Fsp3) is 0.294. The van der Waals surface area contributed by atoms with E-state index in [2.05, 4.69) is 4.98 Å². The van der Waals surface area contributed by atoms with Gasteiger partial charge < -0.3 is 10.2 Å². The Kier molecular flexibility index (Phi) is 6.43. The monoisotopic (exact) mass is 443 g/mol. The van der Waals surface area contributed by atoms with Crippen LogP contribution in [0.25, 0.3) is 0 Å². The molecule has 0 amide bonds. The van der Waals surface area contributed by atoms with E-state index in [4.69, 9.17) is 28.5 Å². The van der Waals surface area contributed by atoms with Gasteiger partial charge in [0.15, 0.2) is 0 Å². The molecule has 1 saturated heterocycles. The number of β-amino-alcohol motifs (C(OH)–C–C–N with tert-alkyl or cyclic N) is 1. The summed E-state index contributed by atoms with van der Waals surface area (Å²) in [5, 5.41) is 30.4. The minimum Gasteiger partial charge on any atom is -0.393 e. The van der Waals surface area contributed by atoms with Crippen molar-refractivity contribution in [1.29, 1.82) is 5.26 Å². The summed E-state index contributed by atoms with van der Waals surface area (Å²) in [7, 11) is -1.65. The number of nitrogens with zero attached hydrogens (tertiary/aromatic N) is 3. The molecule has 2 unspecified atom stereocenters. The number of thioether (sulfide) groups is 1. The van der Waals surface area contributed by atoms with E-state index in [-0.39, 0.29) is 18.1 Å². The molecule has 0 spiro atoms. The van der Waals surface area contributed by atoms with E-state index in [0.717, 1.165) is 0 Å². The number of aromatic nitrogens is 1. The predicted octanol–water partition coefficient (Wildman–Crippen LogP) is 2.48. The van der Waals surface area contributed by atoms with Gasteiger partial charge in [-0.1, -0.05) is 35.0 Å². The summed E-state index contributed by atoms with van der Waals surface area (Å²) in [5.74, 6) is 0. The summed E-state index contributed by atoms with van der Waals surface area (Å²) < 4.78 is 14.5. The SMILES string of the molecule is N#Cc1ccc(S(=O)N2C[C@H](Sc3ccc(Cl)cn3)C(O)(CO)C2)c(Cl)c1. The molecule has 27 heavy (non-hydrogen) atoms. The summed E-state index contributed by atoms with van der Waals surface area (Å²) >= 11 is 13.3. The van der Waals surface area contributed by atoms with Crippen molar-refractivity contribution in [1.82, 2.24) is 9.29 Å². The molecule has 2 heterocycles. The van der Waals surface area contributed by atoms with Crippen LogP contribution in [0.3, 0.4) is 0 Å². The lowest BCUT2D eigenvalue weighted by atomic mass is 10.1. The summed E-state index contributed by atoms with van der Waals surface area (Å²) in [4.78, 5) is 4.55. The van der Waals surface area contributed by atoms with Crippen molar-refractivity contribution in [3.05, 3.63) is 52.1 Å². The molecule has 0 radical (unpaired) electrons. The Morgan fingerprint density at radius 1 is 1.41 bits per heavy atom. The van der Waals surface area contributed by atoms with E-state index in [9.17, 15) is 14.4 Å². The van der Waals surface area contributed by atoms with Crippen LogP contribution >= 0.6 is 35.0 Å². The summed E-state index contributed by atoms with van der Waals surface area (Å²) in [6.45, 7) is -0.209. The number of halogens is 2. The second-order valence-corrected chi connectivity index (χ2v) is 9.53. The number of hydrogen-bond acceptors (Lipinski definition) is 6. The first-order valence-electron chi connectivity index (χ1n) is 7.84. The van der Waals surface area contributed by atoms with Crippen molar-refractivity contribution in [3.8, 4) is 6.07 Å². The van der Waals surface area contributed by atoms with Gasteiger partial charge in [0.05, 0.1) is 43.5 Å². The van der Waals surface area contributed by atoms with Gasteiger partial charge in [-0.3, -0.25) is 0 Å². The Morgan fingerprint density at radius 2 is 2.19 bits per heavy atom. The van der Waals surface area contributed by atoms with Crippen LogP contribution in [-0.2, 0) is 11.0 Å². The van der Waals surface area contributed by atoms with Gasteiger partial charge in [0, 0.05) is 19.3 Å². The maximum atomic E-state index is 12.9. The Bertz CT molecular complexity index is 907. The maximum absolute atomic E-state index is 12.9. The molecule has 1 aromatic carbocycles. The third-order valence-electron chi connectivity index (χ3n) is 4.14. The molecular formula is C17H15Cl2N3O3S2. The van der Waals surface area contributed by atoms with Gasteiger partial charge in [0.2, 0.25) is 0 Å². The highest BCUT2D eigenvalue weighted by Gasteiger charge is 2.47. The Morgan fingerprint density at radius 3 is 2.78 bits per heavy atom. The largest absolute Gasteiger partial charge is 0.393 e. The van der Waals surface area contributed by atoms with Crippen molar-refractivity contribution in [2.45, 2.75) is 20.8 Å². The average Bonchev–Trinajstić information content (AvgIpc) is 3.00. The molecule has 2 N–H and O–H groups in total. The van der Waals surface area contributed by atoms with Crippen molar-refractivity contribution < 1.29 is 14.4 Å². The number of rotatable bonds is 5. The molecule has 0 saturated carbocycles. The van der Waals surface area contributed by atoms with Crippen molar-refractivity contribution in [2.75, 3.05) is 19.7 Å². The van der Waals surface area contributed by atoms with Gasteiger partial charge in [-0.2, -0.15) is 5.26 Å². The third-order valence-corrected chi connectivity index (χ3v) is 7.62. The van der Waals surface area contributed by atoms with Crippen LogP contribution in [-0.4, -0.2) is 54.3 Å². The van der Waals surface area contributed by atoms with E-state index in [1.54, 1.807) is 16.4 Å². The first-order chi connectivity index (χ1) is 12.9. The minimum absolute atomic E-state index is 0.0116. The molecule has 1 aliphatic rings. The van der Waals surface area contributed by atoms with Gasteiger partial charge in [0.25, 0.3) is 0 Å². The minimum atomic E-state index is -1.65. The molecular weight excluding hydrogens is 429 g/mol. The van der Waals surface area contributed by atoms with E-state index >= 15 is 0 Å². The summed E-state index contributed by atoms with van der Waals surface area (Å²) in [5.41, 5.74) is -1.07. The fourth-order valence-electron chi connectivity index (χ4n) is 2.68. The Balaban J connectivity index is 1.81. The van der Waals surface area contributed by atoms with Crippen LogP contribution < -0.4 is 0 Å². The zero-order valence-corrected chi connectivity index (χ0v) is 17.0. The van der Waals surface area contributed by atoms with Crippen molar-refractivity contribution >= 4 is 45.9 Å². The molecule has 142 valence electrons. The van der Waals surface area contributed by atoms with E-state index < -0.39 is 28.4 Å². The number of aliphatic hydroxyl groups is 2. The molecule has 1 aromatic heterocycles. The van der Waals surface area contributed by atoms with Gasteiger partial charge in [-0.25, -0.2) is 13.5 Å². The predicted molar refractivity (Wildman–Crippen MR) is 105 cm³/mol. The molecule has 0 bridgehead atoms. The smallest absolute Gasteiger partial charge is 0.129 e. The summed E-state index contributed by atoms with van der Waals surface area (Å²) in [6.07, 6.45) is 1.50. The maximum Gasteiger partial charge on any atom is 0.129 e. The number of hydrogen-bond donors (Lipinski definition) is 2. The third kappa shape index (κ3) is 4.46. The zero-order valence-electron chi connectivity index (χ0n) is 13.9. The highest BCUT2D eigenvalue weighted by Crippen LogP contribution is 2.37. The number of aliphatic hydroxyl groups excluding tert-OH is 1.